The monoisotopic (exact) mass is 357 g/mol. The topological polar surface area (TPSA) is 93.4 Å². The minimum Gasteiger partial charge on any atom is -0.396 e. The Morgan fingerprint density at radius 3 is 2.91 bits per heavy atom. The molecule has 1 fully saturated rings. The summed E-state index contributed by atoms with van der Waals surface area (Å²) in [5.74, 6) is 0.272. The summed E-state index contributed by atoms with van der Waals surface area (Å²) in [6.45, 7) is 2.73. The van der Waals surface area contributed by atoms with Crippen LogP contribution in [0.15, 0.2) is 23.1 Å². The molecule has 0 saturated carbocycles. The Kier molecular flexibility index (Phi) is 6.39. The summed E-state index contributed by atoms with van der Waals surface area (Å²) in [7, 11) is -3.70. The molecule has 1 atom stereocenters. The van der Waals surface area contributed by atoms with E-state index in [4.69, 9.17) is 16.9 Å². The fraction of sp³-hybridized carbons (Fsp3) is 0.533. The lowest BCUT2D eigenvalue weighted by atomic mass is 9.99. The van der Waals surface area contributed by atoms with Gasteiger partial charge in [-0.1, -0.05) is 11.6 Å². The molecule has 1 aliphatic rings. The van der Waals surface area contributed by atoms with Gasteiger partial charge in [0.15, 0.2) is 0 Å². The number of rotatable bonds is 6. The third kappa shape index (κ3) is 4.90. The van der Waals surface area contributed by atoms with Gasteiger partial charge < -0.3 is 10.0 Å². The zero-order chi connectivity index (χ0) is 16.9. The highest BCUT2D eigenvalue weighted by atomic mass is 35.5. The maximum Gasteiger partial charge on any atom is 0.242 e. The van der Waals surface area contributed by atoms with E-state index in [1.807, 2.05) is 6.07 Å². The van der Waals surface area contributed by atoms with Gasteiger partial charge in [0.05, 0.1) is 16.7 Å². The van der Waals surface area contributed by atoms with Crippen LogP contribution in [0.3, 0.4) is 0 Å². The summed E-state index contributed by atoms with van der Waals surface area (Å²) in [4.78, 5) is 2.12. The van der Waals surface area contributed by atoms with Crippen LogP contribution in [0.4, 0.5) is 0 Å². The van der Waals surface area contributed by atoms with Gasteiger partial charge in [0.1, 0.15) is 4.90 Å². The van der Waals surface area contributed by atoms with Crippen molar-refractivity contribution in [1.82, 2.24) is 9.62 Å². The number of piperidine rings is 1. The molecule has 1 aromatic carbocycles. The molecule has 0 amide bonds. The van der Waals surface area contributed by atoms with Gasteiger partial charge in [0, 0.05) is 26.2 Å². The normalized spacial score (nSPS) is 19.4. The van der Waals surface area contributed by atoms with Crippen molar-refractivity contribution >= 4 is 21.6 Å². The van der Waals surface area contributed by atoms with Crippen LogP contribution >= 0.6 is 11.6 Å². The van der Waals surface area contributed by atoms with Crippen LogP contribution in [0.2, 0.25) is 5.02 Å². The molecule has 8 heteroatoms. The number of aliphatic hydroxyl groups is 1. The number of sulfonamides is 1. The van der Waals surface area contributed by atoms with Crippen molar-refractivity contribution in [2.24, 2.45) is 5.92 Å². The molecular weight excluding hydrogens is 338 g/mol. The van der Waals surface area contributed by atoms with Crippen molar-refractivity contribution in [3.63, 3.8) is 0 Å². The lowest BCUT2D eigenvalue weighted by Gasteiger charge is -2.31. The summed E-state index contributed by atoms with van der Waals surface area (Å²) in [5, 5.41) is 18.0. The van der Waals surface area contributed by atoms with Crippen LogP contribution in [0.1, 0.15) is 18.4 Å². The number of nitrogens with zero attached hydrogens (tertiary/aromatic N) is 2. The Labute approximate surface area is 141 Å². The smallest absolute Gasteiger partial charge is 0.242 e. The number of hydrogen-bond acceptors (Lipinski definition) is 5. The first kappa shape index (κ1) is 18.2. The van der Waals surface area contributed by atoms with E-state index in [1.165, 1.54) is 18.2 Å². The van der Waals surface area contributed by atoms with E-state index in [0.717, 1.165) is 25.9 Å². The second kappa shape index (κ2) is 8.08. The van der Waals surface area contributed by atoms with Crippen molar-refractivity contribution in [3.05, 3.63) is 28.8 Å². The van der Waals surface area contributed by atoms with Gasteiger partial charge in [0.2, 0.25) is 10.0 Å². The molecule has 0 radical (unpaired) electrons. The summed E-state index contributed by atoms with van der Waals surface area (Å²) < 4.78 is 27.1. The first-order valence-electron chi connectivity index (χ1n) is 7.49. The maximum atomic E-state index is 12.3. The van der Waals surface area contributed by atoms with E-state index in [0.29, 0.717) is 12.1 Å². The number of benzene rings is 1. The molecule has 1 heterocycles. The molecule has 1 aromatic rings. The molecule has 0 aliphatic carbocycles. The number of nitrogens with one attached hydrogen (secondary N) is 1. The first-order valence-corrected chi connectivity index (χ1v) is 9.35. The van der Waals surface area contributed by atoms with Gasteiger partial charge >= 0.3 is 0 Å². The summed E-state index contributed by atoms with van der Waals surface area (Å²) in [6.07, 6.45) is 2.03. The highest BCUT2D eigenvalue weighted by Crippen LogP contribution is 2.22. The number of nitriles is 1. The van der Waals surface area contributed by atoms with Gasteiger partial charge in [0.25, 0.3) is 0 Å². The van der Waals surface area contributed by atoms with Crippen LogP contribution in [-0.4, -0.2) is 51.2 Å². The van der Waals surface area contributed by atoms with Crippen LogP contribution in [0.25, 0.3) is 0 Å². The fourth-order valence-electron chi connectivity index (χ4n) is 2.71. The van der Waals surface area contributed by atoms with Gasteiger partial charge in [-0.05, 0) is 43.5 Å². The van der Waals surface area contributed by atoms with Crippen LogP contribution in [-0.2, 0) is 10.0 Å². The molecule has 0 aromatic heterocycles. The van der Waals surface area contributed by atoms with E-state index in [-0.39, 0.29) is 29.0 Å². The molecule has 23 heavy (non-hydrogen) atoms. The average molecular weight is 358 g/mol. The fourth-order valence-corrected chi connectivity index (χ4v) is 4.27. The van der Waals surface area contributed by atoms with E-state index in [1.54, 1.807) is 0 Å². The number of likely N-dealkylation sites (tertiary alicyclic amines) is 1. The highest BCUT2D eigenvalue weighted by Gasteiger charge is 2.21. The summed E-state index contributed by atoms with van der Waals surface area (Å²) in [5.41, 5.74) is 0.317. The van der Waals surface area contributed by atoms with Crippen molar-refractivity contribution < 1.29 is 13.5 Å². The lowest BCUT2D eigenvalue weighted by Crippen LogP contribution is -2.41. The Balaban J connectivity index is 1.93. The predicted molar refractivity (Wildman–Crippen MR) is 87.6 cm³/mol. The molecule has 0 bridgehead atoms. The van der Waals surface area contributed by atoms with Gasteiger partial charge in [-0.2, -0.15) is 5.26 Å². The Bertz CT molecular complexity index is 688. The molecule has 6 nitrogen and oxygen atoms in total. The summed E-state index contributed by atoms with van der Waals surface area (Å²) in [6, 6.07) is 6.02. The Morgan fingerprint density at radius 2 is 2.26 bits per heavy atom. The molecular formula is C15H20ClN3O3S. The highest BCUT2D eigenvalue weighted by molar-refractivity contribution is 7.89. The van der Waals surface area contributed by atoms with Crippen LogP contribution < -0.4 is 4.72 Å². The zero-order valence-corrected chi connectivity index (χ0v) is 14.3. The SMILES string of the molecule is N#Cc1ccc(S(=O)(=O)NCCN2CCC[C@H](CO)C2)c(Cl)c1. The standard InChI is InChI=1S/C15H20ClN3O3S/c16-14-8-12(9-17)3-4-15(14)23(21,22)18-5-7-19-6-1-2-13(10-19)11-20/h3-4,8,13,18,20H,1-2,5-7,10-11H2/t13-/m0/s1. The van der Waals surface area contributed by atoms with Crippen LogP contribution in [0.5, 0.6) is 0 Å². The van der Waals surface area contributed by atoms with Gasteiger partial charge in [-0.15, -0.1) is 0 Å². The second-order valence-corrected chi connectivity index (χ2v) is 7.79. The maximum absolute atomic E-state index is 12.3. The average Bonchev–Trinajstić information content (AvgIpc) is 2.54. The zero-order valence-electron chi connectivity index (χ0n) is 12.7. The molecule has 126 valence electrons. The van der Waals surface area contributed by atoms with Crippen molar-refractivity contribution in [2.75, 3.05) is 32.8 Å². The molecule has 0 unspecified atom stereocenters. The molecule has 0 spiro atoms. The van der Waals surface area contributed by atoms with Gasteiger partial charge in [-0.3, -0.25) is 0 Å². The summed E-state index contributed by atoms with van der Waals surface area (Å²) >= 11 is 5.95. The van der Waals surface area contributed by atoms with Crippen molar-refractivity contribution in [2.45, 2.75) is 17.7 Å². The predicted octanol–water partition coefficient (Wildman–Crippen LogP) is 1.19. The van der Waals surface area contributed by atoms with Crippen molar-refractivity contribution in [3.8, 4) is 6.07 Å². The second-order valence-electron chi connectivity index (χ2n) is 5.65. The minimum absolute atomic E-state index is 0.0231. The molecule has 2 rings (SSSR count). The molecule has 1 saturated heterocycles. The number of aliphatic hydroxyl groups excluding tert-OH is 1. The van der Waals surface area contributed by atoms with E-state index >= 15 is 0 Å². The third-order valence-corrected chi connectivity index (χ3v) is 5.88. The largest absolute Gasteiger partial charge is 0.396 e. The van der Waals surface area contributed by atoms with Crippen molar-refractivity contribution in [1.29, 1.82) is 5.26 Å². The van der Waals surface area contributed by atoms with E-state index in [2.05, 4.69) is 9.62 Å². The van der Waals surface area contributed by atoms with E-state index < -0.39 is 10.0 Å². The number of hydrogen-bond donors (Lipinski definition) is 2. The Morgan fingerprint density at radius 1 is 1.48 bits per heavy atom. The Hall–Kier alpha value is -1.17. The minimum atomic E-state index is -3.70. The molecule has 2 N–H and O–H groups in total. The van der Waals surface area contributed by atoms with Crippen LogP contribution in [0, 0.1) is 17.2 Å². The molecule has 1 aliphatic heterocycles. The lowest BCUT2D eigenvalue weighted by molar-refractivity contribution is 0.122. The third-order valence-electron chi connectivity index (χ3n) is 3.93. The quantitative estimate of drug-likeness (QED) is 0.797. The number of halogens is 1. The van der Waals surface area contributed by atoms with Gasteiger partial charge in [-0.25, -0.2) is 13.1 Å². The first-order chi connectivity index (χ1) is 11.0. The van der Waals surface area contributed by atoms with E-state index in [9.17, 15) is 13.5 Å².